The normalized spacial score (nSPS) is 18.6. The lowest BCUT2D eigenvalue weighted by molar-refractivity contribution is 0.0768. The van der Waals surface area contributed by atoms with Gasteiger partial charge in [-0.1, -0.05) is 35.3 Å². The van der Waals surface area contributed by atoms with E-state index in [0.29, 0.717) is 16.7 Å². The van der Waals surface area contributed by atoms with Crippen LogP contribution in [-0.2, 0) is 4.74 Å². The molecule has 0 amide bonds. The highest BCUT2D eigenvalue weighted by molar-refractivity contribution is 7.10. The third-order valence-corrected chi connectivity index (χ3v) is 4.75. The van der Waals surface area contributed by atoms with Crippen molar-refractivity contribution in [2.75, 3.05) is 19.8 Å². The smallest absolute Gasteiger partial charge is 0.113 e. The number of hydrogen-bond acceptors (Lipinski definition) is 4. The van der Waals surface area contributed by atoms with Crippen molar-refractivity contribution in [2.24, 2.45) is 0 Å². The Morgan fingerprint density at radius 3 is 2.95 bits per heavy atom. The molecule has 1 aromatic carbocycles. The molecule has 3 nitrogen and oxygen atoms in total. The molecule has 2 heterocycles. The zero-order valence-corrected chi connectivity index (χ0v) is 13.6. The molecule has 20 heavy (non-hydrogen) atoms. The molecule has 1 saturated heterocycles. The number of benzene rings is 1. The Morgan fingerprint density at radius 1 is 1.35 bits per heavy atom. The lowest BCUT2D eigenvalue weighted by Crippen LogP contribution is -2.34. The average molecular weight is 352 g/mol. The summed E-state index contributed by atoms with van der Waals surface area (Å²) in [6, 6.07) is 5.75. The molecule has 3 rings (SSSR count). The minimum absolute atomic E-state index is 0. The van der Waals surface area contributed by atoms with Gasteiger partial charge in [-0.2, -0.15) is 0 Å². The van der Waals surface area contributed by atoms with E-state index in [1.54, 1.807) is 17.4 Å². The van der Waals surface area contributed by atoms with E-state index in [1.165, 1.54) is 0 Å². The fraction of sp³-hybridized carbons (Fsp3) is 0.308. The fourth-order valence-corrected chi connectivity index (χ4v) is 3.27. The molecule has 1 aliphatic heterocycles. The van der Waals surface area contributed by atoms with Crippen LogP contribution >= 0.6 is 46.9 Å². The Hall–Kier alpha value is -0.360. The van der Waals surface area contributed by atoms with Crippen molar-refractivity contribution in [2.45, 2.75) is 6.04 Å². The minimum Gasteiger partial charge on any atom is -0.378 e. The van der Waals surface area contributed by atoms with E-state index < -0.39 is 0 Å². The van der Waals surface area contributed by atoms with Crippen LogP contribution in [-0.4, -0.2) is 24.7 Å². The van der Waals surface area contributed by atoms with Crippen molar-refractivity contribution >= 4 is 46.9 Å². The van der Waals surface area contributed by atoms with Crippen molar-refractivity contribution in [3.8, 4) is 11.3 Å². The molecule has 2 aromatic rings. The molecule has 1 aromatic heterocycles. The monoisotopic (exact) mass is 350 g/mol. The Balaban J connectivity index is 0.00000147. The number of hydrogen-bond donors (Lipinski definition) is 1. The Kier molecular flexibility index (Phi) is 5.66. The number of ether oxygens (including phenoxy) is 1. The Bertz CT molecular complexity index is 585. The number of thiazole rings is 1. The maximum absolute atomic E-state index is 6.22. The zero-order chi connectivity index (χ0) is 13.2. The number of morpholine rings is 1. The van der Waals surface area contributed by atoms with Crippen molar-refractivity contribution in [1.29, 1.82) is 0 Å². The van der Waals surface area contributed by atoms with Gasteiger partial charge in [-0.15, -0.1) is 23.7 Å². The third kappa shape index (κ3) is 3.27. The summed E-state index contributed by atoms with van der Waals surface area (Å²) in [7, 11) is 0. The van der Waals surface area contributed by atoms with E-state index in [1.807, 2.05) is 17.5 Å². The summed E-state index contributed by atoms with van der Waals surface area (Å²) in [5.41, 5.74) is 1.73. The second-order valence-corrected chi connectivity index (χ2v) is 5.93. The van der Waals surface area contributed by atoms with E-state index in [0.717, 1.165) is 29.4 Å². The molecule has 1 N–H and O–H groups in total. The van der Waals surface area contributed by atoms with Gasteiger partial charge in [0.05, 0.1) is 35.0 Å². The first-order valence-electron chi connectivity index (χ1n) is 5.96. The van der Waals surface area contributed by atoms with Crippen molar-refractivity contribution in [1.82, 2.24) is 10.3 Å². The van der Waals surface area contributed by atoms with Gasteiger partial charge in [0.2, 0.25) is 0 Å². The molecule has 1 atom stereocenters. The summed E-state index contributed by atoms with van der Waals surface area (Å²) in [5.74, 6) is 0. The number of nitrogens with zero attached hydrogens (tertiary/aromatic N) is 1. The van der Waals surface area contributed by atoms with E-state index in [2.05, 4.69) is 10.3 Å². The van der Waals surface area contributed by atoms with Gasteiger partial charge in [-0.25, -0.2) is 4.98 Å². The molecule has 0 bridgehead atoms. The molecule has 0 spiro atoms. The van der Waals surface area contributed by atoms with Gasteiger partial charge in [-0.05, 0) is 6.07 Å². The van der Waals surface area contributed by atoms with Gasteiger partial charge in [0.1, 0.15) is 5.01 Å². The van der Waals surface area contributed by atoms with Crippen LogP contribution in [0.5, 0.6) is 0 Å². The van der Waals surface area contributed by atoms with Crippen molar-refractivity contribution < 1.29 is 4.74 Å². The summed E-state index contributed by atoms with van der Waals surface area (Å²) in [6.45, 7) is 2.28. The quantitative estimate of drug-likeness (QED) is 0.880. The largest absolute Gasteiger partial charge is 0.378 e. The maximum Gasteiger partial charge on any atom is 0.113 e. The number of halogens is 3. The maximum atomic E-state index is 6.22. The Labute approximate surface area is 137 Å². The molecule has 1 fully saturated rings. The van der Waals surface area contributed by atoms with Crippen LogP contribution in [0.1, 0.15) is 11.0 Å². The first-order chi connectivity index (χ1) is 9.25. The molecule has 0 saturated carbocycles. The Morgan fingerprint density at radius 2 is 2.20 bits per heavy atom. The standard InChI is InChI=1S/C13H12Cl2N2OS.ClH/c14-9-3-1-2-8(12(9)15)11-7-19-13(17-11)10-6-18-5-4-16-10;/h1-3,7,10,16H,4-6H2;1H. The molecule has 0 radical (unpaired) electrons. The second-order valence-electron chi connectivity index (χ2n) is 4.25. The van der Waals surface area contributed by atoms with Gasteiger partial charge >= 0.3 is 0 Å². The lowest BCUT2D eigenvalue weighted by atomic mass is 10.2. The zero-order valence-electron chi connectivity index (χ0n) is 10.4. The van der Waals surface area contributed by atoms with Crippen LogP contribution in [0.25, 0.3) is 11.3 Å². The number of aromatic nitrogens is 1. The van der Waals surface area contributed by atoms with Crippen LogP contribution < -0.4 is 5.32 Å². The van der Waals surface area contributed by atoms with Crippen LogP contribution in [0.3, 0.4) is 0 Å². The summed E-state index contributed by atoms with van der Waals surface area (Å²) in [6.07, 6.45) is 0. The minimum atomic E-state index is 0. The molecule has 1 aliphatic rings. The van der Waals surface area contributed by atoms with Crippen molar-refractivity contribution in [3.63, 3.8) is 0 Å². The van der Waals surface area contributed by atoms with Gasteiger partial charge < -0.3 is 10.1 Å². The third-order valence-electron chi connectivity index (χ3n) is 2.97. The predicted octanol–water partition coefficient (Wildman–Crippen LogP) is 4.20. The van der Waals surface area contributed by atoms with E-state index in [4.69, 9.17) is 27.9 Å². The highest BCUT2D eigenvalue weighted by Gasteiger charge is 2.19. The van der Waals surface area contributed by atoms with Gasteiger partial charge in [-0.3, -0.25) is 0 Å². The number of nitrogens with one attached hydrogen (secondary N) is 1. The lowest BCUT2D eigenvalue weighted by Gasteiger charge is -2.21. The summed E-state index contributed by atoms with van der Waals surface area (Å²) in [4.78, 5) is 4.64. The van der Waals surface area contributed by atoms with E-state index in [9.17, 15) is 0 Å². The molecular formula is C13H13Cl3N2OS. The predicted molar refractivity (Wildman–Crippen MR) is 86.4 cm³/mol. The highest BCUT2D eigenvalue weighted by atomic mass is 35.5. The summed E-state index contributed by atoms with van der Waals surface area (Å²) < 4.78 is 5.45. The van der Waals surface area contributed by atoms with Crippen molar-refractivity contribution in [3.05, 3.63) is 38.6 Å². The summed E-state index contributed by atoms with van der Waals surface area (Å²) in [5, 5.41) is 7.51. The SMILES string of the molecule is Cl.Clc1cccc(-c2csc(C3COCCN3)n2)c1Cl. The van der Waals surface area contributed by atoms with Gasteiger partial charge in [0.25, 0.3) is 0 Å². The molecular weight excluding hydrogens is 339 g/mol. The molecule has 108 valence electrons. The molecule has 0 aliphatic carbocycles. The average Bonchev–Trinajstić information content (AvgIpc) is 2.92. The van der Waals surface area contributed by atoms with Crippen LogP contribution in [0, 0.1) is 0 Å². The van der Waals surface area contributed by atoms with Gasteiger partial charge in [0, 0.05) is 17.5 Å². The first-order valence-corrected chi connectivity index (χ1v) is 7.60. The first kappa shape index (κ1) is 16.0. The van der Waals surface area contributed by atoms with Crippen LogP contribution in [0.15, 0.2) is 23.6 Å². The highest BCUT2D eigenvalue weighted by Crippen LogP contribution is 2.34. The van der Waals surface area contributed by atoms with Gasteiger partial charge in [0.15, 0.2) is 0 Å². The fourth-order valence-electron chi connectivity index (χ4n) is 2.00. The van der Waals surface area contributed by atoms with Crippen LogP contribution in [0.4, 0.5) is 0 Å². The topological polar surface area (TPSA) is 34.1 Å². The van der Waals surface area contributed by atoms with E-state index in [-0.39, 0.29) is 18.4 Å². The summed E-state index contributed by atoms with van der Waals surface area (Å²) >= 11 is 13.9. The van der Waals surface area contributed by atoms with E-state index >= 15 is 0 Å². The number of rotatable bonds is 2. The second kappa shape index (κ2) is 7.07. The molecule has 1 unspecified atom stereocenters. The van der Waals surface area contributed by atoms with Crippen LogP contribution in [0.2, 0.25) is 10.0 Å². The molecule has 7 heteroatoms.